The maximum Gasteiger partial charge on any atom is 0.427 e. The lowest BCUT2D eigenvalue weighted by Crippen LogP contribution is -2.54. The minimum Gasteiger partial charge on any atom is -0.465 e. The lowest BCUT2D eigenvalue weighted by molar-refractivity contribution is -0.148. The molecule has 1 aliphatic rings. The van der Waals surface area contributed by atoms with Crippen LogP contribution in [0.3, 0.4) is 0 Å². The van der Waals surface area contributed by atoms with Crippen LogP contribution in [0.15, 0.2) is 0 Å². The van der Waals surface area contributed by atoms with E-state index in [1.54, 1.807) is 28.4 Å². The summed E-state index contributed by atoms with van der Waals surface area (Å²) in [7, 11) is 2.36. The molecule has 0 radical (unpaired) electrons. The zero-order chi connectivity index (χ0) is 18.2. The standard InChI is InChI=1S/C15H33NO6Si2/c1-14(13-16-9-7-12-24(16,20-4)21-5)15(17)22-10-8-11-23(6,18-2)19-3/h14H,7-13H2,1-6H3. The fourth-order valence-electron chi connectivity index (χ4n) is 3.00. The molecule has 1 fully saturated rings. The number of nitrogens with zero attached hydrogens (tertiary/aromatic N) is 1. The summed E-state index contributed by atoms with van der Waals surface area (Å²) in [4.78, 5) is 12.2. The predicted molar refractivity (Wildman–Crippen MR) is 96.0 cm³/mol. The lowest BCUT2D eigenvalue weighted by atomic mass is 10.2. The summed E-state index contributed by atoms with van der Waals surface area (Å²) >= 11 is 0. The van der Waals surface area contributed by atoms with Gasteiger partial charge in [-0.05, 0) is 32.0 Å². The van der Waals surface area contributed by atoms with Crippen LogP contribution in [0.2, 0.25) is 18.6 Å². The van der Waals surface area contributed by atoms with Gasteiger partial charge in [0.25, 0.3) is 0 Å². The second-order valence-electron chi connectivity index (χ2n) is 6.38. The topological polar surface area (TPSA) is 66.5 Å². The maximum atomic E-state index is 12.2. The second kappa shape index (κ2) is 10.00. The molecule has 0 amide bonds. The molecule has 9 heteroatoms. The molecule has 1 heterocycles. The average Bonchev–Trinajstić information content (AvgIpc) is 3.01. The molecule has 7 nitrogen and oxygen atoms in total. The third-order valence-electron chi connectivity index (χ3n) is 4.82. The van der Waals surface area contributed by atoms with Crippen molar-refractivity contribution >= 4 is 23.3 Å². The van der Waals surface area contributed by atoms with Gasteiger partial charge < -0.3 is 22.4 Å². The highest BCUT2D eigenvalue weighted by Crippen LogP contribution is 2.28. The molecule has 0 N–H and O–H groups in total. The Morgan fingerprint density at radius 2 is 1.83 bits per heavy atom. The van der Waals surface area contributed by atoms with Crippen molar-refractivity contribution in [2.75, 3.05) is 48.1 Å². The highest BCUT2D eigenvalue weighted by atomic mass is 28.4. The molecular weight excluding hydrogens is 346 g/mol. The van der Waals surface area contributed by atoms with Crippen molar-refractivity contribution in [3.63, 3.8) is 0 Å². The minimum atomic E-state index is -2.29. The van der Waals surface area contributed by atoms with Crippen molar-refractivity contribution in [2.45, 2.75) is 38.4 Å². The van der Waals surface area contributed by atoms with E-state index in [0.29, 0.717) is 13.2 Å². The number of carbonyl (C=O) groups is 1. The van der Waals surface area contributed by atoms with Crippen molar-refractivity contribution in [2.24, 2.45) is 5.92 Å². The van der Waals surface area contributed by atoms with Gasteiger partial charge in [-0.2, -0.15) is 0 Å². The monoisotopic (exact) mass is 379 g/mol. The molecule has 0 aromatic carbocycles. The van der Waals surface area contributed by atoms with Crippen LogP contribution in [0.5, 0.6) is 0 Å². The fraction of sp³-hybridized carbons (Fsp3) is 0.933. The van der Waals surface area contributed by atoms with E-state index in [1.807, 2.05) is 13.5 Å². The molecule has 0 aromatic rings. The Morgan fingerprint density at radius 3 is 2.38 bits per heavy atom. The van der Waals surface area contributed by atoms with Crippen molar-refractivity contribution in [1.29, 1.82) is 0 Å². The minimum absolute atomic E-state index is 0.171. The predicted octanol–water partition coefficient (Wildman–Crippen LogP) is 1.86. The molecule has 1 aliphatic heterocycles. The van der Waals surface area contributed by atoms with E-state index in [0.717, 1.165) is 31.5 Å². The first kappa shape index (κ1) is 21.7. The number of carbonyl (C=O) groups excluding carboxylic acids is 1. The van der Waals surface area contributed by atoms with Crippen molar-refractivity contribution in [1.82, 2.24) is 4.57 Å². The van der Waals surface area contributed by atoms with Crippen LogP contribution in [0.1, 0.15) is 19.8 Å². The van der Waals surface area contributed by atoms with E-state index < -0.39 is 17.3 Å². The van der Waals surface area contributed by atoms with Gasteiger partial charge in [-0.3, -0.25) is 9.36 Å². The third-order valence-corrected chi connectivity index (χ3v) is 11.4. The van der Waals surface area contributed by atoms with Gasteiger partial charge in [0.2, 0.25) is 0 Å². The van der Waals surface area contributed by atoms with Crippen molar-refractivity contribution in [3.8, 4) is 0 Å². The largest absolute Gasteiger partial charge is 0.465 e. The Bertz CT molecular complexity index is 390. The molecule has 0 spiro atoms. The van der Waals surface area contributed by atoms with Gasteiger partial charge in [0.1, 0.15) is 0 Å². The van der Waals surface area contributed by atoms with E-state index in [2.05, 4.69) is 4.57 Å². The molecule has 1 atom stereocenters. The van der Waals surface area contributed by atoms with Gasteiger partial charge in [-0.15, -0.1) is 0 Å². The molecule has 24 heavy (non-hydrogen) atoms. The third kappa shape index (κ3) is 5.62. The van der Waals surface area contributed by atoms with Gasteiger partial charge in [-0.25, -0.2) is 0 Å². The first-order valence-corrected chi connectivity index (χ1v) is 13.0. The Hall–Kier alpha value is -0.296. The van der Waals surface area contributed by atoms with Crippen LogP contribution >= 0.6 is 0 Å². The highest BCUT2D eigenvalue weighted by Gasteiger charge is 2.48. The quantitative estimate of drug-likeness (QED) is 0.308. The molecule has 142 valence electrons. The average molecular weight is 380 g/mol. The normalized spacial score (nSPS) is 19.4. The first-order chi connectivity index (χ1) is 11.4. The summed E-state index contributed by atoms with van der Waals surface area (Å²) in [6, 6.07) is 1.75. The summed E-state index contributed by atoms with van der Waals surface area (Å²) in [5.41, 5.74) is 0. The summed E-state index contributed by atoms with van der Waals surface area (Å²) in [6.07, 6.45) is 1.80. The van der Waals surface area contributed by atoms with E-state index in [9.17, 15) is 4.79 Å². The molecule has 0 bridgehead atoms. The zero-order valence-corrected chi connectivity index (χ0v) is 17.9. The van der Waals surface area contributed by atoms with Gasteiger partial charge in [0, 0.05) is 41.0 Å². The number of ether oxygens (including phenoxy) is 1. The van der Waals surface area contributed by atoms with Gasteiger partial charge in [0.15, 0.2) is 0 Å². The van der Waals surface area contributed by atoms with Crippen LogP contribution in [0.25, 0.3) is 0 Å². The molecular formula is C15H33NO6Si2. The number of hydrogen-bond donors (Lipinski definition) is 0. The van der Waals surface area contributed by atoms with Crippen LogP contribution in [0, 0.1) is 5.92 Å². The molecule has 0 aromatic heterocycles. The van der Waals surface area contributed by atoms with E-state index in [-0.39, 0.29) is 11.9 Å². The van der Waals surface area contributed by atoms with Crippen LogP contribution in [-0.4, -0.2) is 76.0 Å². The molecule has 0 aliphatic carbocycles. The van der Waals surface area contributed by atoms with Crippen LogP contribution < -0.4 is 0 Å². The molecule has 1 saturated heterocycles. The van der Waals surface area contributed by atoms with Gasteiger partial charge in [-0.1, -0.05) is 6.92 Å². The first-order valence-electron chi connectivity index (χ1n) is 8.48. The van der Waals surface area contributed by atoms with E-state index >= 15 is 0 Å². The van der Waals surface area contributed by atoms with E-state index in [1.165, 1.54) is 0 Å². The Balaban J connectivity index is 2.37. The summed E-state index contributed by atoms with van der Waals surface area (Å²) in [5, 5.41) is 0. The molecule has 1 rings (SSSR count). The Morgan fingerprint density at radius 1 is 1.21 bits per heavy atom. The van der Waals surface area contributed by atoms with Crippen molar-refractivity contribution < 1.29 is 27.2 Å². The fourth-order valence-corrected chi connectivity index (χ4v) is 7.42. The number of rotatable bonds is 11. The Kier molecular flexibility index (Phi) is 9.06. The van der Waals surface area contributed by atoms with Crippen molar-refractivity contribution in [3.05, 3.63) is 0 Å². The number of hydrogen-bond acceptors (Lipinski definition) is 7. The SMILES string of the molecule is CO[Si](C)(CCCOC(=O)C(C)CN1CCC[Si]1(OC)OC)OC. The van der Waals surface area contributed by atoms with Crippen LogP contribution in [-0.2, 0) is 27.2 Å². The second-order valence-corrected chi connectivity index (χ2v) is 13.3. The Labute approximate surface area is 148 Å². The highest BCUT2D eigenvalue weighted by molar-refractivity contribution is 6.66. The maximum absolute atomic E-state index is 12.2. The summed E-state index contributed by atoms with van der Waals surface area (Å²) in [5.74, 6) is -0.371. The summed E-state index contributed by atoms with van der Waals surface area (Å²) < 4.78 is 29.8. The molecule has 1 unspecified atom stereocenters. The summed E-state index contributed by atoms with van der Waals surface area (Å²) in [6.45, 7) is 5.83. The van der Waals surface area contributed by atoms with Gasteiger partial charge in [0.05, 0.1) is 12.5 Å². The van der Waals surface area contributed by atoms with Crippen LogP contribution in [0.4, 0.5) is 0 Å². The lowest BCUT2D eigenvalue weighted by Gasteiger charge is -2.33. The smallest absolute Gasteiger partial charge is 0.427 e. The molecule has 0 saturated carbocycles. The zero-order valence-electron chi connectivity index (χ0n) is 15.9. The number of esters is 1. The van der Waals surface area contributed by atoms with Gasteiger partial charge >= 0.3 is 23.3 Å². The van der Waals surface area contributed by atoms with E-state index in [4.69, 9.17) is 22.4 Å².